The van der Waals surface area contributed by atoms with E-state index in [1.165, 1.54) is 15.9 Å². The van der Waals surface area contributed by atoms with E-state index in [9.17, 15) is 18.9 Å². The van der Waals surface area contributed by atoms with Gasteiger partial charge in [-0.25, -0.2) is 0 Å². The van der Waals surface area contributed by atoms with Gasteiger partial charge < -0.3 is 24.2 Å². The molecular weight excluding hydrogens is 696 g/mol. The Labute approximate surface area is 306 Å². The van der Waals surface area contributed by atoms with Crippen molar-refractivity contribution in [1.82, 2.24) is 5.32 Å². The number of rotatable bonds is 12. The normalized spacial score (nSPS) is 16.4. The Kier molecular flexibility index (Phi) is 11.7. The lowest BCUT2D eigenvalue weighted by Gasteiger charge is -2.36. The number of methoxy groups -OCH3 is 2. The summed E-state index contributed by atoms with van der Waals surface area (Å²) in [5.74, 6) is -0.230. The van der Waals surface area contributed by atoms with Crippen molar-refractivity contribution >= 4 is 75.8 Å². The minimum absolute atomic E-state index is 0.0161. The molecule has 2 aliphatic heterocycles. The van der Waals surface area contributed by atoms with Crippen LogP contribution in [0.5, 0.6) is 11.5 Å². The highest BCUT2D eigenvalue weighted by atomic mass is 35.5. The summed E-state index contributed by atoms with van der Waals surface area (Å²) in [6, 6.07) is 19.5. The first kappa shape index (κ1) is 36.7. The molecule has 3 aromatic carbocycles. The van der Waals surface area contributed by atoms with E-state index in [0.717, 1.165) is 21.8 Å². The molecule has 5 rings (SSSR count). The molecule has 260 valence electrons. The highest BCUT2D eigenvalue weighted by molar-refractivity contribution is 7.93. The van der Waals surface area contributed by atoms with Gasteiger partial charge in [-0.1, -0.05) is 26.0 Å². The van der Waals surface area contributed by atoms with E-state index in [1.807, 2.05) is 24.3 Å². The van der Waals surface area contributed by atoms with E-state index in [1.54, 1.807) is 74.9 Å². The fraction of sp³-hybridized carbons (Fsp3) is 0.243. The lowest BCUT2D eigenvalue weighted by atomic mass is 9.83. The minimum Gasteiger partial charge on any atom is -0.497 e. The minimum atomic E-state index is -0.560. The van der Waals surface area contributed by atoms with Gasteiger partial charge in [-0.05, 0) is 103 Å². The fourth-order valence-corrected chi connectivity index (χ4v) is 6.70. The molecule has 0 radical (unpaired) electrons. The number of anilines is 3. The topological polar surface area (TPSA) is 112 Å². The van der Waals surface area contributed by atoms with Gasteiger partial charge in [0, 0.05) is 46.8 Å². The van der Waals surface area contributed by atoms with Crippen molar-refractivity contribution in [1.29, 1.82) is 0 Å². The smallest absolute Gasteiger partial charge is 0.270 e. The molecule has 0 spiro atoms. The summed E-state index contributed by atoms with van der Waals surface area (Å²) in [5, 5.41) is 2.82. The molecule has 0 aliphatic carbocycles. The van der Waals surface area contributed by atoms with Gasteiger partial charge in [-0.3, -0.25) is 24.2 Å². The largest absolute Gasteiger partial charge is 0.497 e. The van der Waals surface area contributed by atoms with Crippen LogP contribution in [0.25, 0.3) is 0 Å². The molecular formula is C37H37ClN4O6S2. The second kappa shape index (κ2) is 15.9. The molecule has 0 aromatic heterocycles. The van der Waals surface area contributed by atoms with E-state index < -0.39 is 17.2 Å². The zero-order chi connectivity index (χ0) is 36.0. The number of nitrogens with zero attached hydrogens (tertiary/aromatic N) is 3. The first-order valence-electron chi connectivity index (χ1n) is 15.7. The Morgan fingerprint density at radius 1 is 0.920 bits per heavy atom. The summed E-state index contributed by atoms with van der Waals surface area (Å²) in [4.78, 5) is 45.2. The number of alkyl halides is 1. The van der Waals surface area contributed by atoms with Crippen LogP contribution < -0.4 is 29.5 Å². The average molecular weight is 733 g/mol. The number of fused-ring (bicyclic) bond motifs is 1. The summed E-state index contributed by atoms with van der Waals surface area (Å²) in [5.41, 5.74) is 3.43. The number of nitrogens with one attached hydrogen (secondary N) is 1. The van der Waals surface area contributed by atoms with E-state index in [4.69, 9.17) is 33.3 Å². The Hall–Kier alpha value is -4.62. The SMILES string of the molecule is COc1ccc(N2C(=O)C(=C/C=C/C=C3/N(CCCNC(=O)CCl)c4ccc(SO)cc4C3(C)C)C(=O)N(c3ccc(OC)cc3)C2=S)cc1. The Balaban J connectivity index is 1.50. The van der Waals surface area contributed by atoms with Crippen LogP contribution in [-0.4, -0.2) is 60.6 Å². The second-order valence-corrected chi connectivity index (χ2v) is 13.1. The fourth-order valence-electron chi connectivity index (χ4n) is 5.93. The van der Waals surface area contributed by atoms with E-state index in [2.05, 4.69) is 24.1 Å². The molecule has 2 aliphatic rings. The predicted octanol–water partition coefficient (Wildman–Crippen LogP) is 6.84. The number of thiocarbonyl (C=S) groups is 1. The zero-order valence-corrected chi connectivity index (χ0v) is 30.4. The molecule has 10 nitrogen and oxygen atoms in total. The number of carbonyl (C=O) groups is 3. The highest BCUT2D eigenvalue weighted by Gasteiger charge is 2.42. The van der Waals surface area contributed by atoms with Crippen molar-refractivity contribution in [2.75, 3.05) is 47.9 Å². The maximum atomic E-state index is 14.0. The van der Waals surface area contributed by atoms with Crippen LogP contribution in [0.3, 0.4) is 0 Å². The number of amides is 3. The third-order valence-corrected chi connectivity index (χ3v) is 9.58. The quantitative estimate of drug-likeness (QED) is 0.0516. The molecule has 1 fully saturated rings. The molecule has 0 saturated carbocycles. The average Bonchev–Trinajstić information content (AvgIpc) is 3.34. The number of hydrogen-bond donors (Lipinski definition) is 2. The third kappa shape index (κ3) is 7.43. The van der Waals surface area contributed by atoms with Crippen LogP contribution in [-0.2, 0) is 19.8 Å². The number of halogens is 1. The van der Waals surface area contributed by atoms with E-state index >= 15 is 0 Å². The van der Waals surface area contributed by atoms with Crippen LogP contribution in [0.2, 0.25) is 0 Å². The number of ether oxygens (including phenoxy) is 2. The Morgan fingerprint density at radius 3 is 2.00 bits per heavy atom. The van der Waals surface area contributed by atoms with Gasteiger partial charge in [0.05, 0.1) is 25.6 Å². The molecule has 3 aromatic rings. The number of allylic oxidation sites excluding steroid dienone is 5. The summed E-state index contributed by atoms with van der Waals surface area (Å²) >= 11 is 12.1. The summed E-state index contributed by atoms with van der Waals surface area (Å²) in [7, 11) is 3.10. The molecule has 2 N–H and O–H groups in total. The van der Waals surface area contributed by atoms with Gasteiger partial charge in [0.1, 0.15) is 23.0 Å². The third-order valence-electron chi connectivity index (χ3n) is 8.51. The Bertz CT molecular complexity index is 1800. The molecule has 0 bridgehead atoms. The number of hydrogen-bond acceptors (Lipinski definition) is 9. The first-order valence-corrected chi connectivity index (χ1v) is 17.4. The monoisotopic (exact) mass is 732 g/mol. The lowest BCUT2D eigenvalue weighted by molar-refractivity contribution is -0.121. The first-order chi connectivity index (χ1) is 24.0. The van der Waals surface area contributed by atoms with Gasteiger partial charge in [-0.2, -0.15) is 0 Å². The maximum Gasteiger partial charge on any atom is 0.270 e. The van der Waals surface area contributed by atoms with E-state index in [-0.39, 0.29) is 22.5 Å². The van der Waals surface area contributed by atoms with Crippen molar-refractivity contribution < 1.29 is 28.4 Å². The second-order valence-electron chi connectivity index (χ2n) is 11.9. The van der Waals surface area contributed by atoms with Crippen LogP contribution >= 0.6 is 35.9 Å². The summed E-state index contributed by atoms with van der Waals surface area (Å²) in [6.07, 6.45) is 7.56. The molecule has 0 unspecified atom stereocenters. The number of benzene rings is 3. The van der Waals surface area contributed by atoms with Crippen molar-refractivity contribution in [3.8, 4) is 11.5 Å². The van der Waals surface area contributed by atoms with Crippen molar-refractivity contribution in [2.24, 2.45) is 0 Å². The standard InChI is InChI=1S/C37H37ClN4O6S2/c1-37(2)30-22-28(50-46)18-19-31(30)40(21-7-20-39-33(43)23-38)32(37)9-6-5-8-29-34(44)41(24-10-14-26(47-3)15-11-24)36(49)42(35(29)45)25-12-16-27(48-4)17-13-25/h5-6,8-19,22,46H,7,20-21,23H2,1-4H3,(H,39,43)/b6-5+,32-9+. The molecule has 1 saturated heterocycles. The van der Waals surface area contributed by atoms with Crippen LogP contribution in [0.4, 0.5) is 17.1 Å². The molecule has 0 atom stereocenters. The van der Waals surface area contributed by atoms with Crippen LogP contribution in [0.15, 0.2) is 107 Å². The van der Waals surface area contributed by atoms with Gasteiger partial charge in [-0.15, -0.1) is 11.6 Å². The van der Waals surface area contributed by atoms with Crippen molar-refractivity contribution in [2.45, 2.75) is 30.6 Å². The van der Waals surface area contributed by atoms with E-state index in [0.29, 0.717) is 54.4 Å². The predicted molar refractivity (Wildman–Crippen MR) is 203 cm³/mol. The zero-order valence-electron chi connectivity index (χ0n) is 28.0. The summed E-state index contributed by atoms with van der Waals surface area (Å²) < 4.78 is 20.3. The molecule has 3 amide bonds. The Morgan fingerprint density at radius 2 is 1.48 bits per heavy atom. The molecule has 13 heteroatoms. The van der Waals surface area contributed by atoms with Crippen LogP contribution in [0.1, 0.15) is 25.8 Å². The van der Waals surface area contributed by atoms with Crippen molar-refractivity contribution in [3.63, 3.8) is 0 Å². The van der Waals surface area contributed by atoms with Gasteiger partial charge in [0.15, 0.2) is 5.11 Å². The maximum absolute atomic E-state index is 14.0. The van der Waals surface area contributed by atoms with Crippen LogP contribution in [0, 0.1) is 0 Å². The van der Waals surface area contributed by atoms with Crippen molar-refractivity contribution in [3.05, 3.63) is 108 Å². The lowest BCUT2D eigenvalue weighted by Crippen LogP contribution is -2.57. The summed E-state index contributed by atoms with van der Waals surface area (Å²) in [6.45, 7) is 5.26. The van der Waals surface area contributed by atoms with Gasteiger partial charge in [0.25, 0.3) is 11.8 Å². The highest BCUT2D eigenvalue weighted by Crippen LogP contribution is 2.48. The van der Waals surface area contributed by atoms with Gasteiger partial charge in [0.2, 0.25) is 5.91 Å². The molecule has 2 heterocycles. The number of carbonyl (C=O) groups excluding carboxylic acids is 3. The van der Waals surface area contributed by atoms with Gasteiger partial charge >= 0.3 is 0 Å². The molecule has 50 heavy (non-hydrogen) atoms.